The summed E-state index contributed by atoms with van der Waals surface area (Å²) in [6.07, 6.45) is 1.94. The third-order valence-electron chi connectivity index (χ3n) is 3.51. The van der Waals surface area contributed by atoms with Crippen molar-refractivity contribution in [2.75, 3.05) is 31.2 Å². The second-order valence-corrected chi connectivity index (χ2v) is 6.02. The monoisotopic (exact) mass is 355 g/mol. The average molecular weight is 356 g/mol. The molecular weight excluding hydrogens is 337 g/mol. The Morgan fingerprint density at radius 3 is 2.52 bits per heavy atom. The highest BCUT2D eigenvalue weighted by Crippen LogP contribution is 2.28. The summed E-state index contributed by atoms with van der Waals surface area (Å²) in [4.78, 5) is 13.3. The molecule has 0 atom stereocenters. The van der Waals surface area contributed by atoms with Crippen LogP contribution >= 0.6 is 23.2 Å². The summed E-state index contributed by atoms with van der Waals surface area (Å²) in [5, 5.41) is 1.28. The van der Waals surface area contributed by atoms with E-state index in [0.717, 1.165) is 31.6 Å². The van der Waals surface area contributed by atoms with Gasteiger partial charge in [-0.3, -0.25) is 0 Å². The lowest BCUT2D eigenvalue weighted by atomic mass is 10.1. The normalized spacial score (nSPS) is 15.0. The predicted molar refractivity (Wildman–Crippen MR) is 92.1 cm³/mol. The zero-order valence-corrected chi connectivity index (χ0v) is 14.5. The highest BCUT2D eigenvalue weighted by Gasteiger charge is 2.20. The van der Waals surface area contributed by atoms with E-state index in [1.807, 2.05) is 12.1 Å². The van der Waals surface area contributed by atoms with Crippen molar-refractivity contribution < 1.29 is 14.3 Å². The van der Waals surface area contributed by atoms with Gasteiger partial charge < -0.3 is 14.4 Å². The standard InChI is InChI=1S/C17H19Cl2NO3/c1-2-22-17(21)4-3-9-23-16-5-7-20(8-6-16)15-11-13(18)10-14(19)12-15/h10-12,16H,2,5-9H2,1H3. The number of carbonyl (C=O) groups is 1. The predicted octanol–water partition coefficient (Wildman–Crippen LogP) is 3.55. The molecule has 23 heavy (non-hydrogen) atoms. The zero-order valence-electron chi connectivity index (χ0n) is 13.0. The fourth-order valence-electron chi connectivity index (χ4n) is 2.44. The Morgan fingerprint density at radius 2 is 1.91 bits per heavy atom. The largest absolute Gasteiger partial charge is 0.456 e. The molecule has 0 radical (unpaired) electrons. The topological polar surface area (TPSA) is 38.8 Å². The molecule has 1 aliphatic rings. The summed E-state index contributed by atoms with van der Waals surface area (Å²) in [5.74, 6) is 4.56. The number of nitrogens with zero attached hydrogens (tertiary/aromatic N) is 1. The van der Waals surface area contributed by atoms with Crippen LogP contribution in [0.4, 0.5) is 5.69 Å². The van der Waals surface area contributed by atoms with Gasteiger partial charge in [-0.25, -0.2) is 4.79 Å². The number of benzene rings is 1. The Labute approximate surface area is 146 Å². The Kier molecular flexibility index (Phi) is 7.04. The molecule has 0 amide bonds. The summed E-state index contributed by atoms with van der Waals surface area (Å²) >= 11 is 12.1. The molecule has 0 unspecified atom stereocenters. The molecule has 4 nitrogen and oxygen atoms in total. The number of rotatable bonds is 4. The molecule has 124 valence electrons. The third kappa shape index (κ3) is 5.95. The highest BCUT2D eigenvalue weighted by atomic mass is 35.5. The minimum absolute atomic E-state index is 0.150. The fraction of sp³-hybridized carbons (Fsp3) is 0.471. The van der Waals surface area contributed by atoms with Crippen LogP contribution < -0.4 is 4.90 Å². The van der Waals surface area contributed by atoms with Crippen molar-refractivity contribution in [2.45, 2.75) is 25.9 Å². The van der Waals surface area contributed by atoms with Gasteiger partial charge in [-0.05, 0) is 38.0 Å². The summed E-state index contributed by atoms with van der Waals surface area (Å²) in [6, 6.07) is 5.56. The van der Waals surface area contributed by atoms with E-state index in [1.54, 1.807) is 13.0 Å². The van der Waals surface area contributed by atoms with Crippen molar-refractivity contribution in [3.05, 3.63) is 28.2 Å². The third-order valence-corrected chi connectivity index (χ3v) is 3.95. The van der Waals surface area contributed by atoms with Crippen molar-refractivity contribution in [2.24, 2.45) is 0 Å². The van der Waals surface area contributed by atoms with Crippen LogP contribution in [0.3, 0.4) is 0 Å². The minimum atomic E-state index is -0.510. The first-order valence-electron chi connectivity index (χ1n) is 7.56. The van der Waals surface area contributed by atoms with E-state index in [2.05, 4.69) is 16.7 Å². The Hall–Kier alpha value is -1.41. The van der Waals surface area contributed by atoms with Crippen molar-refractivity contribution in [3.8, 4) is 11.8 Å². The van der Waals surface area contributed by atoms with Crippen molar-refractivity contribution >= 4 is 34.9 Å². The molecule has 0 bridgehead atoms. The Bertz CT molecular complexity index is 581. The van der Waals surface area contributed by atoms with E-state index in [-0.39, 0.29) is 12.7 Å². The molecule has 0 N–H and O–H groups in total. The van der Waals surface area contributed by atoms with Crippen molar-refractivity contribution in [3.63, 3.8) is 0 Å². The second kappa shape index (κ2) is 9.02. The molecule has 1 aliphatic heterocycles. The molecule has 1 fully saturated rings. The summed E-state index contributed by atoms with van der Waals surface area (Å²) in [5.41, 5.74) is 1.03. The van der Waals surface area contributed by atoms with Crippen molar-refractivity contribution in [1.82, 2.24) is 0 Å². The molecule has 0 spiro atoms. The van der Waals surface area contributed by atoms with E-state index in [1.165, 1.54) is 0 Å². The molecule has 1 heterocycles. The summed E-state index contributed by atoms with van der Waals surface area (Å²) < 4.78 is 10.4. The van der Waals surface area contributed by atoms with Gasteiger partial charge in [0.2, 0.25) is 0 Å². The highest BCUT2D eigenvalue weighted by molar-refractivity contribution is 6.35. The maximum absolute atomic E-state index is 11.1. The maximum Gasteiger partial charge on any atom is 0.384 e. The second-order valence-electron chi connectivity index (χ2n) is 5.15. The quantitative estimate of drug-likeness (QED) is 0.470. The summed E-state index contributed by atoms with van der Waals surface area (Å²) in [7, 11) is 0. The molecule has 2 rings (SSSR count). The molecular formula is C17H19Cl2NO3. The number of esters is 1. The smallest absolute Gasteiger partial charge is 0.384 e. The number of hydrogen-bond donors (Lipinski definition) is 0. The maximum atomic E-state index is 11.1. The van der Waals surface area contributed by atoms with Crippen LogP contribution in [0.2, 0.25) is 10.0 Å². The van der Waals surface area contributed by atoms with Gasteiger partial charge in [0.05, 0.1) is 12.7 Å². The van der Waals surface area contributed by atoms with E-state index in [0.29, 0.717) is 16.7 Å². The van der Waals surface area contributed by atoms with Gasteiger partial charge >= 0.3 is 5.97 Å². The minimum Gasteiger partial charge on any atom is -0.456 e. The van der Waals surface area contributed by atoms with Crippen LogP contribution in [0, 0.1) is 11.8 Å². The molecule has 1 aromatic carbocycles. The van der Waals surface area contributed by atoms with Gasteiger partial charge in [0.15, 0.2) is 0 Å². The molecule has 0 saturated carbocycles. The molecule has 0 aliphatic carbocycles. The lowest BCUT2D eigenvalue weighted by Crippen LogP contribution is -2.37. The number of ether oxygens (including phenoxy) is 2. The lowest BCUT2D eigenvalue weighted by Gasteiger charge is -2.33. The van der Waals surface area contributed by atoms with Gasteiger partial charge in [0, 0.05) is 34.7 Å². The molecule has 6 heteroatoms. The number of anilines is 1. The van der Waals surface area contributed by atoms with Gasteiger partial charge in [0.1, 0.15) is 6.61 Å². The van der Waals surface area contributed by atoms with Gasteiger partial charge in [-0.1, -0.05) is 29.1 Å². The Morgan fingerprint density at radius 1 is 1.26 bits per heavy atom. The van der Waals surface area contributed by atoms with E-state index >= 15 is 0 Å². The fourth-order valence-corrected chi connectivity index (χ4v) is 2.95. The molecule has 1 aromatic rings. The van der Waals surface area contributed by atoms with Crippen molar-refractivity contribution in [1.29, 1.82) is 0 Å². The number of piperidine rings is 1. The van der Waals surface area contributed by atoms with Crippen LogP contribution in [-0.2, 0) is 14.3 Å². The first kappa shape index (κ1) is 17.9. The average Bonchev–Trinajstić information content (AvgIpc) is 2.51. The number of carbonyl (C=O) groups excluding carboxylic acids is 1. The molecule has 1 saturated heterocycles. The van der Waals surface area contributed by atoms with E-state index in [9.17, 15) is 4.79 Å². The number of hydrogen-bond acceptors (Lipinski definition) is 4. The number of halogens is 2. The lowest BCUT2D eigenvalue weighted by molar-refractivity contribution is -0.136. The first-order chi connectivity index (χ1) is 11.1. The molecule has 0 aromatic heterocycles. The van der Waals surface area contributed by atoms with Gasteiger partial charge in [-0.15, -0.1) is 0 Å². The van der Waals surface area contributed by atoms with E-state index in [4.69, 9.17) is 32.7 Å². The Balaban J connectivity index is 1.76. The van der Waals surface area contributed by atoms with Gasteiger partial charge in [0.25, 0.3) is 0 Å². The SMILES string of the molecule is CCOC(=O)C#CCOC1CCN(c2cc(Cl)cc(Cl)c2)CC1. The zero-order chi connectivity index (χ0) is 16.7. The van der Waals surface area contributed by atoms with Crippen LogP contribution in [0.1, 0.15) is 19.8 Å². The first-order valence-corrected chi connectivity index (χ1v) is 8.32. The van der Waals surface area contributed by atoms with Crippen LogP contribution in [0.5, 0.6) is 0 Å². The van der Waals surface area contributed by atoms with Crippen LogP contribution in [0.25, 0.3) is 0 Å². The van der Waals surface area contributed by atoms with Crippen LogP contribution in [0.15, 0.2) is 18.2 Å². The van der Waals surface area contributed by atoms with Gasteiger partial charge in [-0.2, -0.15) is 0 Å². The van der Waals surface area contributed by atoms with Crippen LogP contribution in [-0.4, -0.2) is 38.4 Å². The van der Waals surface area contributed by atoms with E-state index < -0.39 is 5.97 Å². The summed E-state index contributed by atoms with van der Waals surface area (Å²) in [6.45, 7) is 4.06.